The molecule has 1 aromatic heterocycles. The minimum Gasteiger partial charge on any atom is -0.482 e. The molecule has 1 heterocycles. The molecule has 0 saturated carbocycles. The molecule has 3 aromatic rings. The number of carbonyl (C=O) groups excluding carboxylic acids is 4. The van der Waals surface area contributed by atoms with E-state index in [0.29, 0.717) is 9.90 Å². The number of ether oxygens (including phenoxy) is 1. The molecule has 246 valence electrons. The number of thiophene rings is 1. The number of rotatable bonds is 16. The summed E-state index contributed by atoms with van der Waals surface area (Å²) >= 11 is 6.95. The Hall–Kier alpha value is -4.10. The van der Waals surface area contributed by atoms with Gasteiger partial charge in [0.15, 0.2) is 18.2 Å². The second-order valence-electron chi connectivity index (χ2n) is 10.8. The van der Waals surface area contributed by atoms with E-state index in [2.05, 4.69) is 5.32 Å². The number of carboxylic acid groups (broad SMARTS) is 1. The summed E-state index contributed by atoms with van der Waals surface area (Å²) in [7, 11) is 0. The highest BCUT2D eigenvalue weighted by atomic mass is 35.5. The maximum Gasteiger partial charge on any atom is 0.450 e. The van der Waals surface area contributed by atoms with Crippen molar-refractivity contribution in [3.05, 3.63) is 86.8 Å². The van der Waals surface area contributed by atoms with E-state index in [1.807, 2.05) is 0 Å². The van der Waals surface area contributed by atoms with Crippen LogP contribution in [-0.2, 0) is 25.6 Å². The molecule has 0 aliphatic carbocycles. The number of hydrogen-bond acceptors (Lipinski definition) is 7. The fourth-order valence-corrected chi connectivity index (χ4v) is 5.67. The number of aliphatic carboxylic acids is 1. The summed E-state index contributed by atoms with van der Waals surface area (Å²) in [5.41, 5.74) is 0.472. The number of amides is 1. The zero-order valence-electron chi connectivity index (χ0n) is 24.6. The van der Waals surface area contributed by atoms with Gasteiger partial charge in [-0.3, -0.25) is 19.2 Å². The Labute approximate surface area is 270 Å². The van der Waals surface area contributed by atoms with E-state index in [1.54, 1.807) is 6.07 Å². The van der Waals surface area contributed by atoms with Crippen molar-refractivity contribution in [1.29, 1.82) is 0 Å². The zero-order chi connectivity index (χ0) is 34.2. The van der Waals surface area contributed by atoms with Crippen LogP contribution in [0.1, 0.15) is 53.5 Å². The normalized spacial score (nSPS) is 13.5. The number of nitrogens with one attached hydrogen (secondary N) is 1. The van der Waals surface area contributed by atoms with Crippen LogP contribution >= 0.6 is 22.9 Å². The Morgan fingerprint density at radius 2 is 1.65 bits per heavy atom. The lowest BCUT2D eigenvalue weighted by atomic mass is 9.84. The van der Waals surface area contributed by atoms with Crippen molar-refractivity contribution in [2.45, 2.75) is 45.3 Å². The number of halogens is 5. The third kappa shape index (κ3) is 10.5. The number of Topliss-reactive ketones (excluding diaryl/α,β-unsaturated/α-hetero) is 3. The van der Waals surface area contributed by atoms with E-state index >= 15 is 0 Å². The molecule has 3 rings (SSSR count). The average Bonchev–Trinajstić information content (AvgIpc) is 3.42. The highest BCUT2D eigenvalue weighted by Crippen LogP contribution is 2.31. The molecule has 0 unspecified atom stereocenters. The van der Waals surface area contributed by atoms with Crippen LogP contribution in [0.25, 0.3) is 0 Å². The summed E-state index contributed by atoms with van der Waals surface area (Å²) in [6.45, 7) is 2.06. The third-order valence-electron chi connectivity index (χ3n) is 7.05. The van der Waals surface area contributed by atoms with Gasteiger partial charge in [0, 0.05) is 24.7 Å². The molecule has 1 amide bonds. The number of benzene rings is 2. The summed E-state index contributed by atoms with van der Waals surface area (Å²) in [6.07, 6.45) is -6.56. The van der Waals surface area contributed by atoms with Crippen molar-refractivity contribution in [2.75, 3.05) is 6.61 Å². The SMILES string of the molecule is CC(C)[C@H](CC(=O)[C@@H](NC(=O)[C@@H](CC(=O)c1ccc(Cl)s1)Cc1cccc(F)c1)c1ccc(OCC(=O)O)cc1)C(=O)C(F)(F)F. The van der Waals surface area contributed by atoms with Crippen LogP contribution in [0.3, 0.4) is 0 Å². The first-order valence-corrected chi connectivity index (χ1v) is 15.2. The minimum atomic E-state index is -5.20. The molecule has 0 fully saturated rings. The van der Waals surface area contributed by atoms with Crippen molar-refractivity contribution in [1.82, 2.24) is 5.32 Å². The van der Waals surface area contributed by atoms with Gasteiger partial charge in [-0.2, -0.15) is 13.2 Å². The van der Waals surface area contributed by atoms with E-state index < -0.39 is 78.0 Å². The Bertz CT molecular complexity index is 1570. The average molecular weight is 684 g/mol. The van der Waals surface area contributed by atoms with Gasteiger partial charge >= 0.3 is 12.1 Å². The smallest absolute Gasteiger partial charge is 0.450 e. The quantitative estimate of drug-likeness (QED) is 0.128. The fraction of sp³-hybridized carbons (Fsp3) is 0.344. The largest absolute Gasteiger partial charge is 0.482 e. The van der Waals surface area contributed by atoms with E-state index in [1.165, 1.54) is 68.4 Å². The van der Waals surface area contributed by atoms with Gasteiger partial charge in [0.1, 0.15) is 17.6 Å². The number of carbonyl (C=O) groups is 5. The van der Waals surface area contributed by atoms with Gasteiger partial charge in [-0.1, -0.05) is 49.7 Å². The topological polar surface area (TPSA) is 127 Å². The third-order valence-corrected chi connectivity index (χ3v) is 8.32. The maximum absolute atomic E-state index is 14.0. The van der Waals surface area contributed by atoms with Gasteiger partial charge in [0.2, 0.25) is 11.7 Å². The van der Waals surface area contributed by atoms with Crippen LogP contribution in [0.4, 0.5) is 17.6 Å². The number of hydrogen-bond donors (Lipinski definition) is 2. The van der Waals surface area contributed by atoms with Crippen molar-refractivity contribution in [3.8, 4) is 5.75 Å². The van der Waals surface area contributed by atoms with Crippen LogP contribution in [0.5, 0.6) is 5.75 Å². The Morgan fingerprint density at radius 3 is 2.20 bits per heavy atom. The molecule has 0 radical (unpaired) electrons. The van der Waals surface area contributed by atoms with Crippen LogP contribution in [0.15, 0.2) is 60.7 Å². The Balaban J connectivity index is 1.97. The van der Waals surface area contributed by atoms with Gasteiger partial charge in [0.25, 0.3) is 0 Å². The molecule has 0 saturated heterocycles. The lowest BCUT2D eigenvalue weighted by Gasteiger charge is -2.26. The van der Waals surface area contributed by atoms with Crippen LogP contribution in [0.2, 0.25) is 4.34 Å². The summed E-state index contributed by atoms with van der Waals surface area (Å²) in [5, 5.41) is 11.4. The number of ketones is 3. The van der Waals surface area contributed by atoms with E-state index in [9.17, 15) is 41.5 Å². The van der Waals surface area contributed by atoms with Gasteiger partial charge in [-0.05, 0) is 59.9 Å². The second kappa shape index (κ2) is 15.9. The Kier molecular flexibility index (Phi) is 12.6. The molecule has 46 heavy (non-hydrogen) atoms. The fourth-order valence-electron chi connectivity index (χ4n) is 4.68. The van der Waals surface area contributed by atoms with Gasteiger partial charge in [-0.25, -0.2) is 9.18 Å². The van der Waals surface area contributed by atoms with E-state index in [4.69, 9.17) is 21.4 Å². The minimum absolute atomic E-state index is 0.0974. The lowest BCUT2D eigenvalue weighted by Crippen LogP contribution is -2.41. The number of carboxylic acids is 1. The molecule has 14 heteroatoms. The maximum atomic E-state index is 14.0. The predicted molar refractivity (Wildman–Crippen MR) is 161 cm³/mol. The molecule has 2 N–H and O–H groups in total. The highest BCUT2D eigenvalue weighted by molar-refractivity contribution is 7.18. The lowest BCUT2D eigenvalue weighted by molar-refractivity contribution is -0.177. The van der Waals surface area contributed by atoms with Crippen LogP contribution in [0, 0.1) is 23.6 Å². The summed E-state index contributed by atoms with van der Waals surface area (Å²) < 4.78 is 59.5. The van der Waals surface area contributed by atoms with Gasteiger partial charge < -0.3 is 15.2 Å². The molecule has 0 aliphatic heterocycles. The zero-order valence-corrected chi connectivity index (χ0v) is 26.2. The monoisotopic (exact) mass is 683 g/mol. The predicted octanol–water partition coefficient (Wildman–Crippen LogP) is 6.66. The summed E-state index contributed by atoms with van der Waals surface area (Å²) in [5.74, 6) is -9.77. The molecular formula is C32H30ClF4NO7S. The summed E-state index contributed by atoms with van der Waals surface area (Å²) in [6, 6.07) is 12.0. The van der Waals surface area contributed by atoms with Crippen molar-refractivity contribution < 1.29 is 51.4 Å². The van der Waals surface area contributed by atoms with Crippen molar-refractivity contribution in [2.24, 2.45) is 17.8 Å². The van der Waals surface area contributed by atoms with Crippen LogP contribution < -0.4 is 10.1 Å². The van der Waals surface area contributed by atoms with Crippen LogP contribution in [-0.4, -0.2) is 47.1 Å². The molecule has 0 spiro atoms. The standard InChI is InChI=1S/C32H30ClF4NO7S/c1-17(2)23(30(43)32(35,36)37)15-25(40)29(19-6-8-22(9-7-19)45-16-28(41)42)38-31(44)20(12-18-4-3-5-21(34)13-18)14-24(39)26-10-11-27(33)46-26/h3-11,13,17,20,23,29H,12,14-16H2,1-2H3,(H,38,44)(H,41,42)/t20-,23+,29+/m1/s1. The highest BCUT2D eigenvalue weighted by Gasteiger charge is 2.45. The van der Waals surface area contributed by atoms with Crippen molar-refractivity contribution in [3.63, 3.8) is 0 Å². The first-order valence-electron chi connectivity index (χ1n) is 14.0. The molecule has 0 aliphatic rings. The van der Waals surface area contributed by atoms with E-state index in [0.717, 1.165) is 11.3 Å². The van der Waals surface area contributed by atoms with Crippen molar-refractivity contribution >= 4 is 52.2 Å². The first kappa shape index (κ1) is 36.4. The van der Waals surface area contributed by atoms with E-state index in [-0.39, 0.29) is 29.0 Å². The molecule has 3 atom stereocenters. The van der Waals surface area contributed by atoms with Gasteiger partial charge in [-0.15, -0.1) is 11.3 Å². The molecule has 2 aromatic carbocycles. The number of alkyl halides is 3. The Morgan fingerprint density at radius 1 is 0.978 bits per heavy atom. The van der Waals surface area contributed by atoms with Gasteiger partial charge in [0.05, 0.1) is 9.21 Å². The first-order chi connectivity index (χ1) is 21.5. The second-order valence-corrected chi connectivity index (χ2v) is 12.6. The summed E-state index contributed by atoms with van der Waals surface area (Å²) in [4.78, 5) is 63.8. The molecular weight excluding hydrogens is 654 g/mol. The molecule has 8 nitrogen and oxygen atoms in total. The molecule has 0 bridgehead atoms.